The van der Waals surface area contributed by atoms with Crippen LogP contribution in [-0.2, 0) is 9.53 Å². The Kier molecular flexibility index (Phi) is 4.86. The average Bonchev–Trinajstić information content (AvgIpc) is 2.53. The van der Waals surface area contributed by atoms with Crippen LogP contribution in [0.25, 0.3) is 6.08 Å². The summed E-state index contributed by atoms with van der Waals surface area (Å²) >= 11 is 0. The van der Waals surface area contributed by atoms with Gasteiger partial charge in [-0.2, -0.15) is 15.0 Å². The van der Waals surface area contributed by atoms with Crippen LogP contribution in [-0.4, -0.2) is 35.1 Å². The van der Waals surface area contributed by atoms with E-state index in [-0.39, 0.29) is 17.9 Å². The molecule has 8 heteroatoms. The highest BCUT2D eigenvalue weighted by Gasteiger charge is 2.04. The van der Waals surface area contributed by atoms with Crippen LogP contribution >= 0.6 is 0 Å². The molecule has 0 aliphatic rings. The number of rotatable bonds is 5. The smallest absolute Gasteiger partial charge is 0.330 e. The van der Waals surface area contributed by atoms with Gasteiger partial charge >= 0.3 is 12.0 Å². The van der Waals surface area contributed by atoms with E-state index in [1.807, 2.05) is 24.3 Å². The Balaban J connectivity index is 2.09. The third-order valence-corrected chi connectivity index (χ3v) is 2.59. The van der Waals surface area contributed by atoms with Crippen LogP contribution in [0.1, 0.15) is 5.56 Å². The van der Waals surface area contributed by atoms with Crippen molar-refractivity contribution >= 4 is 29.6 Å². The molecule has 0 aliphatic heterocycles. The van der Waals surface area contributed by atoms with Crippen molar-refractivity contribution in [2.45, 2.75) is 0 Å². The number of esters is 1. The highest BCUT2D eigenvalue weighted by Crippen LogP contribution is 2.16. The second-order valence-electron chi connectivity index (χ2n) is 4.11. The van der Waals surface area contributed by atoms with Crippen molar-refractivity contribution < 1.29 is 14.3 Å². The molecular weight excluding hydrogens is 286 g/mol. The normalized spacial score (nSPS) is 10.5. The van der Waals surface area contributed by atoms with Gasteiger partial charge in [0.05, 0.1) is 14.2 Å². The molecule has 8 nitrogen and oxygen atoms in total. The van der Waals surface area contributed by atoms with Crippen LogP contribution < -0.4 is 15.8 Å². The summed E-state index contributed by atoms with van der Waals surface area (Å²) in [5.41, 5.74) is 7.16. The Morgan fingerprint density at radius 3 is 2.55 bits per heavy atom. The summed E-state index contributed by atoms with van der Waals surface area (Å²) in [5, 5.41) is 2.98. The first-order chi connectivity index (χ1) is 10.6. The first kappa shape index (κ1) is 15.2. The van der Waals surface area contributed by atoms with Crippen molar-refractivity contribution in [3.63, 3.8) is 0 Å². The molecule has 22 heavy (non-hydrogen) atoms. The van der Waals surface area contributed by atoms with E-state index in [0.29, 0.717) is 0 Å². The van der Waals surface area contributed by atoms with Crippen LogP contribution in [0.3, 0.4) is 0 Å². The van der Waals surface area contributed by atoms with E-state index < -0.39 is 5.97 Å². The molecule has 0 saturated heterocycles. The second kappa shape index (κ2) is 7.02. The monoisotopic (exact) mass is 301 g/mol. The number of nitrogens with zero attached hydrogens (tertiary/aromatic N) is 3. The average molecular weight is 301 g/mol. The maximum Gasteiger partial charge on any atom is 0.330 e. The summed E-state index contributed by atoms with van der Waals surface area (Å²) in [7, 11) is 2.77. The number of ether oxygens (including phenoxy) is 2. The van der Waals surface area contributed by atoms with E-state index in [0.717, 1.165) is 11.3 Å². The van der Waals surface area contributed by atoms with Crippen molar-refractivity contribution in [3.8, 4) is 6.01 Å². The number of carbonyl (C=O) groups excluding carboxylic acids is 1. The Morgan fingerprint density at radius 1 is 1.18 bits per heavy atom. The van der Waals surface area contributed by atoms with Crippen LogP contribution in [0.15, 0.2) is 30.3 Å². The predicted molar refractivity (Wildman–Crippen MR) is 81.6 cm³/mol. The van der Waals surface area contributed by atoms with Gasteiger partial charge in [0.15, 0.2) is 0 Å². The Bertz CT molecular complexity index is 685. The molecule has 1 heterocycles. The fourth-order valence-corrected chi connectivity index (χ4v) is 1.56. The minimum Gasteiger partial charge on any atom is -0.467 e. The minimum absolute atomic E-state index is 0.0620. The maximum absolute atomic E-state index is 11.0. The molecule has 2 aromatic rings. The summed E-state index contributed by atoms with van der Waals surface area (Å²) in [6.07, 6.45) is 3.00. The van der Waals surface area contributed by atoms with Gasteiger partial charge in [0.2, 0.25) is 11.9 Å². The summed E-state index contributed by atoms with van der Waals surface area (Å²) in [6, 6.07) is 7.40. The maximum atomic E-state index is 11.0. The molecule has 114 valence electrons. The molecule has 0 aliphatic carbocycles. The SMILES string of the molecule is COC(=O)/C=C/c1ccc(Nc2nc(N)nc(OC)n2)cc1. The van der Waals surface area contributed by atoms with E-state index in [4.69, 9.17) is 10.5 Å². The summed E-state index contributed by atoms with van der Waals surface area (Å²) < 4.78 is 9.45. The molecule has 0 spiro atoms. The highest BCUT2D eigenvalue weighted by molar-refractivity contribution is 5.87. The van der Waals surface area contributed by atoms with Crippen molar-refractivity contribution in [3.05, 3.63) is 35.9 Å². The fraction of sp³-hybridized carbons (Fsp3) is 0.143. The lowest BCUT2D eigenvalue weighted by Gasteiger charge is -2.06. The molecule has 0 atom stereocenters. The number of carbonyl (C=O) groups is 1. The van der Waals surface area contributed by atoms with Crippen molar-refractivity contribution in [1.82, 2.24) is 15.0 Å². The zero-order chi connectivity index (χ0) is 15.9. The molecule has 0 radical (unpaired) electrons. The zero-order valence-corrected chi connectivity index (χ0v) is 12.1. The largest absolute Gasteiger partial charge is 0.467 e. The topological polar surface area (TPSA) is 112 Å². The minimum atomic E-state index is -0.407. The van der Waals surface area contributed by atoms with Gasteiger partial charge in [0, 0.05) is 11.8 Å². The number of nitrogen functional groups attached to an aromatic ring is 1. The van der Waals surface area contributed by atoms with E-state index in [1.54, 1.807) is 6.08 Å². The van der Waals surface area contributed by atoms with E-state index in [9.17, 15) is 4.79 Å². The van der Waals surface area contributed by atoms with Crippen molar-refractivity contribution in [1.29, 1.82) is 0 Å². The van der Waals surface area contributed by atoms with Gasteiger partial charge in [0.1, 0.15) is 0 Å². The number of methoxy groups -OCH3 is 2. The predicted octanol–water partition coefficient (Wildman–Crippen LogP) is 1.39. The number of anilines is 3. The number of aromatic nitrogens is 3. The molecule has 1 aromatic heterocycles. The van der Waals surface area contributed by atoms with Crippen LogP contribution in [0, 0.1) is 0 Å². The van der Waals surface area contributed by atoms with Gasteiger partial charge in [-0.1, -0.05) is 12.1 Å². The van der Waals surface area contributed by atoms with Crippen molar-refractivity contribution in [2.24, 2.45) is 0 Å². The molecule has 0 fully saturated rings. The standard InChI is InChI=1S/C14H15N5O3/c1-21-11(20)8-5-9-3-6-10(7-4-9)16-13-17-12(15)18-14(19-13)22-2/h3-8H,1-2H3,(H3,15,16,17,18,19)/b8-5+. The Hall–Kier alpha value is -3.16. The van der Waals surface area contributed by atoms with Gasteiger partial charge < -0.3 is 20.5 Å². The van der Waals surface area contributed by atoms with E-state index in [2.05, 4.69) is 25.0 Å². The van der Waals surface area contributed by atoms with Crippen molar-refractivity contribution in [2.75, 3.05) is 25.3 Å². The number of hydrogen-bond acceptors (Lipinski definition) is 8. The summed E-state index contributed by atoms with van der Waals surface area (Å²) in [6.45, 7) is 0. The molecule has 0 saturated carbocycles. The van der Waals surface area contributed by atoms with E-state index in [1.165, 1.54) is 20.3 Å². The third kappa shape index (κ3) is 4.17. The van der Waals surface area contributed by atoms with Gasteiger partial charge in [-0.3, -0.25) is 0 Å². The lowest BCUT2D eigenvalue weighted by Crippen LogP contribution is -2.05. The number of nitrogens with one attached hydrogen (secondary N) is 1. The highest BCUT2D eigenvalue weighted by atomic mass is 16.5. The Morgan fingerprint density at radius 2 is 1.91 bits per heavy atom. The second-order valence-corrected chi connectivity index (χ2v) is 4.11. The molecular formula is C14H15N5O3. The zero-order valence-electron chi connectivity index (χ0n) is 12.1. The lowest BCUT2D eigenvalue weighted by atomic mass is 10.2. The molecule has 0 bridgehead atoms. The van der Waals surface area contributed by atoms with Gasteiger partial charge in [-0.05, 0) is 23.8 Å². The molecule has 0 amide bonds. The quantitative estimate of drug-likeness (QED) is 0.629. The Labute approximate surface area is 127 Å². The summed E-state index contributed by atoms with van der Waals surface area (Å²) in [4.78, 5) is 22.8. The van der Waals surface area contributed by atoms with Crippen LogP contribution in [0.2, 0.25) is 0 Å². The van der Waals surface area contributed by atoms with Crippen LogP contribution in [0.4, 0.5) is 17.6 Å². The number of nitrogens with two attached hydrogens (primary N) is 1. The van der Waals surface area contributed by atoms with Gasteiger partial charge in [-0.25, -0.2) is 4.79 Å². The molecule has 2 rings (SSSR count). The first-order valence-corrected chi connectivity index (χ1v) is 6.29. The number of benzene rings is 1. The molecule has 1 aromatic carbocycles. The van der Waals surface area contributed by atoms with Gasteiger partial charge in [0.25, 0.3) is 0 Å². The van der Waals surface area contributed by atoms with Crippen LogP contribution in [0.5, 0.6) is 6.01 Å². The molecule has 0 unspecified atom stereocenters. The van der Waals surface area contributed by atoms with E-state index >= 15 is 0 Å². The fourth-order valence-electron chi connectivity index (χ4n) is 1.56. The third-order valence-electron chi connectivity index (χ3n) is 2.59. The summed E-state index contributed by atoms with van der Waals surface area (Å²) in [5.74, 6) is -0.0656. The number of hydrogen-bond donors (Lipinski definition) is 2. The lowest BCUT2D eigenvalue weighted by molar-refractivity contribution is -0.134. The molecule has 3 N–H and O–H groups in total. The first-order valence-electron chi connectivity index (χ1n) is 6.29. The van der Waals surface area contributed by atoms with Gasteiger partial charge in [-0.15, -0.1) is 0 Å².